The predicted octanol–water partition coefficient (Wildman–Crippen LogP) is 2.41. The molecule has 3 aliphatic heterocycles. The highest BCUT2D eigenvalue weighted by Crippen LogP contribution is 2.38. The summed E-state index contributed by atoms with van der Waals surface area (Å²) in [5.41, 5.74) is 1.91. The third kappa shape index (κ3) is 4.31. The second-order valence-corrected chi connectivity index (χ2v) is 8.34. The van der Waals surface area contributed by atoms with Gasteiger partial charge in [0.05, 0.1) is 6.61 Å². The molecule has 0 aromatic carbocycles. The van der Waals surface area contributed by atoms with Gasteiger partial charge in [0.15, 0.2) is 5.96 Å². The average Bonchev–Trinajstić information content (AvgIpc) is 3.33. The second kappa shape index (κ2) is 8.54. The highest BCUT2D eigenvalue weighted by molar-refractivity contribution is 14.0. The number of halogens is 1. The van der Waals surface area contributed by atoms with E-state index in [4.69, 9.17) is 4.74 Å². The average molecular weight is 476 g/mol. The van der Waals surface area contributed by atoms with Crippen LogP contribution >= 0.6 is 35.3 Å². The molecule has 140 valence electrons. The minimum Gasteiger partial charge on any atom is -0.381 e. The molecule has 2 saturated heterocycles. The van der Waals surface area contributed by atoms with Crippen LogP contribution in [0.2, 0.25) is 0 Å². The molecule has 1 spiro atoms. The van der Waals surface area contributed by atoms with Gasteiger partial charge in [-0.05, 0) is 36.3 Å². The topological polar surface area (TPSA) is 40.1 Å². The van der Waals surface area contributed by atoms with E-state index < -0.39 is 0 Å². The summed E-state index contributed by atoms with van der Waals surface area (Å²) in [6.45, 7) is 8.38. The van der Waals surface area contributed by atoms with Crippen molar-refractivity contribution in [1.82, 2.24) is 15.1 Å². The lowest BCUT2D eigenvalue weighted by Crippen LogP contribution is -2.44. The van der Waals surface area contributed by atoms with Crippen LogP contribution in [-0.2, 0) is 17.7 Å². The summed E-state index contributed by atoms with van der Waals surface area (Å²) in [5, 5.41) is 5.81. The number of fused-ring (bicyclic) bond motifs is 1. The van der Waals surface area contributed by atoms with Crippen LogP contribution in [-0.4, -0.2) is 68.7 Å². The quantitative estimate of drug-likeness (QED) is 0.414. The summed E-state index contributed by atoms with van der Waals surface area (Å²) >= 11 is 1.91. The lowest BCUT2D eigenvalue weighted by atomic mass is 9.87. The molecule has 25 heavy (non-hydrogen) atoms. The van der Waals surface area contributed by atoms with Crippen LogP contribution in [0.5, 0.6) is 0 Å². The van der Waals surface area contributed by atoms with Crippen LogP contribution in [0, 0.1) is 5.41 Å². The van der Waals surface area contributed by atoms with Gasteiger partial charge in [-0.3, -0.25) is 9.89 Å². The molecule has 0 amide bonds. The van der Waals surface area contributed by atoms with Gasteiger partial charge >= 0.3 is 0 Å². The maximum Gasteiger partial charge on any atom is 0.193 e. The van der Waals surface area contributed by atoms with Crippen molar-refractivity contribution in [3.05, 3.63) is 21.9 Å². The van der Waals surface area contributed by atoms with Gasteiger partial charge in [0, 0.05) is 63.2 Å². The highest BCUT2D eigenvalue weighted by atomic mass is 127. The summed E-state index contributed by atoms with van der Waals surface area (Å²) in [5.74, 6) is 1.06. The maximum atomic E-state index is 5.63. The molecule has 2 fully saturated rings. The Kier molecular flexibility index (Phi) is 6.62. The Morgan fingerprint density at radius 2 is 2.32 bits per heavy atom. The van der Waals surface area contributed by atoms with E-state index in [0.29, 0.717) is 5.41 Å². The van der Waals surface area contributed by atoms with Crippen LogP contribution in [0.1, 0.15) is 23.3 Å². The van der Waals surface area contributed by atoms with Crippen molar-refractivity contribution in [3.8, 4) is 0 Å². The fourth-order valence-electron chi connectivity index (χ4n) is 4.24. The van der Waals surface area contributed by atoms with Gasteiger partial charge < -0.3 is 15.0 Å². The van der Waals surface area contributed by atoms with Crippen molar-refractivity contribution in [2.45, 2.75) is 25.8 Å². The van der Waals surface area contributed by atoms with E-state index in [1.54, 1.807) is 4.88 Å². The van der Waals surface area contributed by atoms with Gasteiger partial charge in [-0.25, -0.2) is 0 Å². The molecule has 1 aromatic heterocycles. The maximum absolute atomic E-state index is 5.63. The lowest BCUT2D eigenvalue weighted by Gasteiger charge is -2.28. The van der Waals surface area contributed by atoms with Gasteiger partial charge in [-0.1, -0.05) is 0 Å². The van der Waals surface area contributed by atoms with Gasteiger partial charge in [0.2, 0.25) is 0 Å². The van der Waals surface area contributed by atoms with E-state index in [-0.39, 0.29) is 24.0 Å². The predicted molar refractivity (Wildman–Crippen MR) is 114 cm³/mol. The molecule has 0 saturated carbocycles. The number of nitrogens with one attached hydrogen (secondary N) is 1. The summed E-state index contributed by atoms with van der Waals surface area (Å²) in [6, 6.07) is 2.28. The molecular weight excluding hydrogens is 447 g/mol. The molecule has 0 radical (unpaired) electrons. The zero-order valence-corrected chi connectivity index (χ0v) is 18.1. The third-order valence-electron chi connectivity index (χ3n) is 5.73. The molecule has 4 rings (SSSR count). The fourth-order valence-corrected chi connectivity index (χ4v) is 5.13. The number of hydrogen-bond acceptors (Lipinski definition) is 4. The first-order valence-corrected chi connectivity index (χ1v) is 9.97. The summed E-state index contributed by atoms with van der Waals surface area (Å²) in [4.78, 5) is 11.1. The van der Waals surface area contributed by atoms with Crippen molar-refractivity contribution in [3.63, 3.8) is 0 Å². The van der Waals surface area contributed by atoms with Crippen LogP contribution < -0.4 is 5.32 Å². The number of aliphatic imine (C=N–C) groups is 1. The standard InChI is InChI=1S/C18H28N4OS.HI/c1-19-17(22-8-4-18(13-22)5-10-23-14-18)20-6-9-21-7-2-16-15(12-21)3-11-24-16;/h3,11H,2,4-10,12-14H2,1H3,(H,19,20);1H. The Bertz CT molecular complexity index is 600. The first-order valence-electron chi connectivity index (χ1n) is 9.09. The SMILES string of the molecule is CN=C(NCCN1CCc2sccc2C1)N1CCC2(CCOC2)C1.I. The smallest absolute Gasteiger partial charge is 0.193 e. The number of guanidine groups is 1. The number of nitrogens with zero attached hydrogens (tertiary/aromatic N) is 3. The number of thiophene rings is 1. The minimum atomic E-state index is 0. The van der Waals surface area contributed by atoms with Gasteiger partial charge in [0.25, 0.3) is 0 Å². The third-order valence-corrected chi connectivity index (χ3v) is 6.76. The minimum absolute atomic E-state index is 0. The normalized spacial score (nSPS) is 26.8. The molecule has 7 heteroatoms. The number of hydrogen-bond donors (Lipinski definition) is 1. The van der Waals surface area contributed by atoms with Crippen molar-refractivity contribution in [2.75, 3.05) is 53.0 Å². The van der Waals surface area contributed by atoms with E-state index in [0.717, 1.165) is 51.9 Å². The van der Waals surface area contributed by atoms with Crippen LogP contribution in [0.15, 0.2) is 16.4 Å². The van der Waals surface area contributed by atoms with E-state index in [9.17, 15) is 0 Å². The molecule has 1 N–H and O–H groups in total. The zero-order chi connectivity index (χ0) is 16.4. The first kappa shape index (κ1) is 19.4. The van der Waals surface area contributed by atoms with Crippen molar-refractivity contribution in [2.24, 2.45) is 10.4 Å². The molecule has 5 nitrogen and oxygen atoms in total. The van der Waals surface area contributed by atoms with Crippen LogP contribution in [0.4, 0.5) is 0 Å². The summed E-state index contributed by atoms with van der Waals surface area (Å²) in [7, 11) is 1.90. The molecule has 1 aromatic rings. The second-order valence-electron chi connectivity index (χ2n) is 7.34. The number of rotatable bonds is 3. The van der Waals surface area contributed by atoms with Gasteiger partial charge in [0.1, 0.15) is 0 Å². The number of likely N-dealkylation sites (tertiary alicyclic amines) is 1. The summed E-state index contributed by atoms with van der Waals surface area (Å²) in [6.07, 6.45) is 3.65. The molecule has 4 heterocycles. The largest absolute Gasteiger partial charge is 0.381 e. The Balaban J connectivity index is 0.00000182. The molecule has 1 atom stereocenters. The highest BCUT2D eigenvalue weighted by Gasteiger charge is 2.42. The fraction of sp³-hybridized carbons (Fsp3) is 0.722. The van der Waals surface area contributed by atoms with Crippen LogP contribution in [0.25, 0.3) is 0 Å². The van der Waals surface area contributed by atoms with Crippen molar-refractivity contribution < 1.29 is 4.74 Å². The Morgan fingerprint density at radius 3 is 3.12 bits per heavy atom. The molecule has 3 aliphatic rings. The van der Waals surface area contributed by atoms with Gasteiger partial charge in [-0.15, -0.1) is 35.3 Å². The number of ether oxygens (including phenoxy) is 1. The monoisotopic (exact) mass is 476 g/mol. The molecule has 0 aliphatic carbocycles. The van der Waals surface area contributed by atoms with E-state index >= 15 is 0 Å². The van der Waals surface area contributed by atoms with Crippen LogP contribution in [0.3, 0.4) is 0 Å². The van der Waals surface area contributed by atoms with Crippen molar-refractivity contribution >= 4 is 41.3 Å². The Hall–Kier alpha value is -0.380. The first-order chi connectivity index (χ1) is 11.8. The van der Waals surface area contributed by atoms with E-state index in [2.05, 4.69) is 31.6 Å². The Morgan fingerprint density at radius 1 is 1.40 bits per heavy atom. The zero-order valence-electron chi connectivity index (χ0n) is 15.0. The Labute approximate surface area is 171 Å². The molecular formula is C18H29IN4OS. The summed E-state index contributed by atoms with van der Waals surface area (Å²) < 4.78 is 5.63. The van der Waals surface area contributed by atoms with E-state index in [1.807, 2.05) is 18.4 Å². The van der Waals surface area contributed by atoms with Crippen molar-refractivity contribution in [1.29, 1.82) is 0 Å². The van der Waals surface area contributed by atoms with Gasteiger partial charge in [-0.2, -0.15) is 0 Å². The lowest BCUT2D eigenvalue weighted by molar-refractivity contribution is 0.156. The van der Waals surface area contributed by atoms with E-state index in [1.165, 1.54) is 31.4 Å². The molecule has 1 unspecified atom stereocenters. The molecule has 0 bridgehead atoms.